The maximum absolute atomic E-state index is 13.1. The number of amides is 1. The third kappa shape index (κ3) is 5.68. The van der Waals surface area contributed by atoms with Crippen LogP contribution in [-0.4, -0.2) is 61.7 Å². The molecule has 30 heavy (non-hydrogen) atoms. The van der Waals surface area contributed by atoms with Gasteiger partial charge in [-0.25, -0.2) is 13.4 Å². The lowest BCUT2D eigenvalue weighted by Crippen LogP contribution is -2.36. The number of carbonyl (C=O) groups excluding carboxylic acids is 1. The molecule has 1 aliphatic heterocycles. The van der Waals surface area contributed by atoms with Crippen molar-refractivity contribution in [1.29, 1.82) is 0 Å². The van der Waals surface area contributed by atoms with Crippen LogP contribution in [0.3, 0.4) is 0 Å². The molecule has 1 aromatic carbocycles. The maximum Gasteiger partial charge on any atom is 0.228 e. The van der Waals surface area contributed by atoms with Crippen molar-refractivity contribution < 1.29 is 22.7 Å². The Bertz CT molecular complexity index is 937. The normalized spacial score (nSPS) is 16.7. The van der Waals surface area contributed by atoms with Crippen LogP contribution in [0.25, 0.3) is 0 Å². The first-order valence-corrected chi connectivity index (χ1v) is 11.7. The van der Waals surface area contributed by atoms with Crippen LogP contribution in [0.15, 0.2) is 41.7 Å². The molecular weight excluding hydrogens is 406 g/mol. The molecule has 2 heterocycles. The fourth-order valence-corrected chi connectivity index (χ4v) is 5.10. The highest BCUT2D eigenvalue weighted by Gasteiger charge is 2.26. The summed E-state index contributed by atoms with van der Waals surface area (Å²) in [6.07, 6.45) is 3.47. The van der Waals surface area contributed by atoms with E-state index >= 15 is 0 Å². The molecule has 1 saturated heterocycles. The molecule has 9 heteroatoms. The number of nitrogens with zero attached hydrogens (tertiary/aromatic N) is 3. The number of sulfone groups is 1. The minimum absolute atomic E-state index is 0.000906. The molecule has 0 spiro atoms. The molecule has 1 amide bonds. The second kappa shape index (κ2) is 10.2. The predicted molar refractivity (Wildman–Crippen MR) is 111 cm³/mol. The van der Waals surface area contributed by atoms with Gasteiger partial charge >= 0.3 is 0 Å². The van der Waals surface area contributed by atoms with E-state index in [9.17, 15) is 13.2 Å². The van der Waals surface area contributed by atoms with Crippen LogP contribution >= 0.6 is 0 Å². The summed E-state index contributed by atoms with van der Waals surface area (Å²) >= 11 is 0. The van der Waals surface area contributed by atoms with Crippen molar-refractivity contribution in [2.75, 3.05) is 26.9 Å². The van der Waals surface area contributed by atoms with Crippen molar-refractivity contribution in [3.63, 3.8) is 0 Å². The maximum atomic E-state index is 13.1. The van der Waals surface area contributed by atoms with Crippen LogP contribution in [0, 0.1) is 0 Å². The molecule has 2 aromatic rings. The summed E-state index contributed by atoms with van der Waals surface area (Å²) in [7, 11) is -2.10. The van der Waals surface area contributed by atoms with E-state index in [0.29, 0.717) is 37.6 Å². The second-order valence-electron chi connectivity index (χ2n) is 7.46. The van der Waals surface area contributed by atoms with E-state index in [0.717, 1.165) is 12.8 Å². The lowest BCUT2D eigenvalue weighted by molar-refractivity contribution is -0.131. The molecule has 164 valence electrons. The van der Waals surface area contributed by atoms with Gasteiger partial charge in [-0.15, -0.1) is 0 Å². The van der Waals surface area contributed by atoms with Gasteiger partial charge in [-0.3, -0.25) is 4.79 Å². The van der Waals surface area contributed by atoms with Gasteiger partial charge in [-0.05, 0) is 18.4 Å². The minimum Gasteiger partial charge on any atom is -0.383 e. The van der Waals surface area contributed by atoms with Gasteiger partial charge in [0.1, 0.15) is 0 Å². The molecule has 8 nitrogen and oxygen atoms in total. The lowest BCUT2D eigenvalue weighted by Gasteiger charge is -2.24. The zero-order chi connectivity index (χ0) is 21.6. The summed E-state index contributed by atoms with van der Waals surface area (Å²) in [6, 6.07) is 9.02. The average molecular weight is 436 g/mol. The van der Waals surface area contributed by atoms with Crippen LogP contribution in [-0.2, 0) is 42.9 Å². The van der Waals surface area contributed by atoms with E-state index in [-0.39, 0.29) is 29.5 Å². The Morgan fingerprint density at radius 3 is 2.73 bits per heavy atom. The fourth-order valence-electron chi connectivity index (χ4n) is 3.58. The monoisotopic (exact) mass is 435 g/mol. The number of benzene rings is 1. The molecule has 1 atom stereocenters. The fraction of sp³-hybridized carbons (Fsp3) is 0.524. The van der Waals surface area contributed by atoms with Gasteiger partial charge < -0.3 is 18.9 Å². The molecule has 0 aliphatic carbocycles. The van der Waals surface area contributed by atoms with Crippen molar-refractivity contribution >= 4 is 15.7 Å². The highest BCUT2D eigenvalue weighted by Crippen LogP contribution is 2.20. The van der Waals surface area contributed by atoms with Crippen molar-refractivity contribution in [3.05, 3.63) is 47.8 Å². The summed E-state index contributed by atoms with van der Waals surface area (Å²) in [5.41, 5.74) is 1.36. The van der Waals surface area contributed by atoms with Crippen LogP contribution in [0.4, 0.5) is 0 Å². The summed E-state index contributed by atoms with van der Waals surface area (Å²) < 4.78 is 38.6. The largest absolute Gasteiger partial charge is 0.383 e. The Morgan fingerprint density at radius 1 is 1.33 bits per heavy atom. The molecular formula is C21H29N3O5S. The molecule has 0 radical (unpaired) electrons. The SMILES string of the molecule is COCCn1c(CN(CC2CCCO2)C(C)=O)cnc1S(=O)(=O)Cc1ccccc1. The third-order valence-electron chi connectivity index (χ3n) is 5.14. The Hall–Kier alpha value is -2.23. The van der Waals surface area contributed by atoms with Crippen LogP contribution in [0.5, 0.6) is 0 Å². The van der Waals surface area contributed by atoms with Gasteiger partial charge in [0, 0.05) is 33.7 Å². The van der Waals surface area contributed by atoms with Crippen LogP contribution in [0.2, 0.25) is 0 Å². The van der Waals surface area contributed by atoms with Gasteiger partial charge in [0.25, 0.3) is 0 Å². The molecule has 1 fully saturated rings. The topological polar surface area (TPSA) is 90.7 Å². The Labute approximate surface area is 177 Å². The number of carbonyl (C=O) groups is 1. The number of hydrogen-bond acceptors (Lipinski definition) is 6. The molecule has 0 N–H and O–H groups in total. The van der Waals surface area contributed by atoms with Crippen molar-refractivity contribution in [1.82, 2.24) is 14.5 Å². The highest BCUT2D eigenvalue weighted by molar-refractivity contribution is 7.90. The third-order valence-corrected chi connectivity index (χ3v) is 6.74. The van der Waals surface area contributed by atoms with Gasteiger partial charge in [0.15, 0.2) is 0 Å². The molecule has 3 rings (SSSR count). The summed E-state index contributed by atoms with van der Waals surface area (Å²) in [6.45, 7) is 3.65. The highest BCUT2D eigenvalue weighted by atomic mass is 32.2. The zero-order valence-corrected chi connectivity index (χ0v) is 18.3. The number of rotatable bonds is 10. The lowest BCUT2D eigenvalue weighted by atomic mass is 10.2. The molecule has 0 saturated carbocycles. The Balaban J connectivity index is 1.85. The van der Waals surface area contributed by atoms with Crippen LogP contribution in [0.1, 0.15) is 31.0 Å². The first kappa shape index (κ1) is 22.5. The zero-order valence-electron chi connectivity index (χ0n) is 17.5. The van der Waals surface area contributed by atoms with E-state index in [1.807, 2.05) is 18.2 Å². The van der Waals surface area contributed by atoms with E-state index in [1.165, 1.54) is 6.92 Å². The van der Waals surface area contributed by atoms with E-state index in [4.69, 9.17) is 9.47 Å². The van der Waals surface area contributed by atoms with Gasteiger partial charge in [0.2, 0.25) is 20.9 Å². The molecule has 0 bridgehead atoms. The Kier molecular flexibility index (Phi) is 7.63. The van der Waals surface area contributed by atoms with E-state index < -0.39 is 9.84 Å². The average Bonchev–Trinajstić information content (AvgIpc) is 3.36. The minimum atomic E-state index is -3.66. The second-order valence-corrected chi connectivity index (χ2v) is 9.34. The van der Waals surface area contributed by atoms with Gasteiger partial charge in [0.05, 0.1) is 36.9 Å². The summed E-state index contributed by atoms with van der Waals surface area (Å²) in [5.74, 6) is -0.220. The molecule has 1 aromatic heterocycles. The van der Waals surface area contributed by atoms with E-state index in [2.05, 4.69) is 4.98 Å². The first-order valence-electron chi connectivity index (χ1n) is 10.1. The standard InChI is InChI=1S/C21H29N3O5S/c1-17(25)23(15-20-9-6-11-29-20)14-19-13-22-21(24(19)10-12-28-2)30(26,27)16-18-7-4-3-5-8-18/h3-5,7-8,13,20H,6,9-12,14-16H2,1-2H3. The number of hydrogen-bond donors (Lipinski definition) is 0. The number of ether oxygens (including phenoxy) is 2. The Morgan fingerprint density at radius 2 is 2.10 bits per heavy atom. The first-order chi connectivity index (χ1) is 14.4. The predicted octanol–water partition coefficient (Wildman–Crippen LogP) is 2.03. The smallest absolute Gasteiger partial charge is 0.228 e. The van der Waals surface area contributed by atoms with Crippen molar-refractivity contribution in [2.45, 2.75) is 49.9 Å². The van der Waals surface area contributed by atoms with E-state index in [1.54, 1.807) is 34.9 Å². The molecule has 1 unspecified atom stereocenters. The van der Waals surface area contributed by atoms with Crippen molar-refractivity contribution in [2.24, 2.45) is 0 Å². The van der Waals surface area contributed by atoms with Crippen molar-refractivity contribution in [3.8, 4) is 0 Å². The van der Waals surface area contributed by atoms with Gasteiger partial charge in [-0.1, -0.05) is 30.3 Å². The number of methoxy groups -OCH3 is 1. The van der Waals surface area contributed by atoms with Crippen LogP contribution < -0.4 is 0 Å². The number of aromatic nitrogens is 2. The van der Waals surface area contributed by atoms with Gasteiger partial charge in [-0.2, -0.15) is 0 Å². The summed E-state index contributed by atoms with van der Waals surface area (Å²) in [4.78, 5) is 18.1. The quantitative estimate of drug-likeness (QED) is 0.567. The summed E-state index contributed by atoms with van der Waals surface area (Å²) in [5, 5.41) is -0.000906. The molecule has 1 aliphatic rings. The number of imidazole rings is 1.